The summed E-state index contributed by atoms with van der Waals surface area (Å²) in [6.45, 7) is -4.96. The summed E-state index contributed by atoms with van der Waals surface area (Å²) in [4.78, 5) is 50.7. The van der Waals surface area contributed by atoms with Crippen molar-refractivity contribution < 1.29 is 203 Å². The zero-order chi connectivity index (χ0) is 74.5. The first-order chi connectivity index (χ1) is 47.8. The van der Waals surface area contributed by atoms with Crippen LogP contribution < -0.4 is 21.3 Å². The normalized spacial score (nSPS) is 48.3. The molecule has 0 aromatic carbocycles. The Morgan fingerprint density at radius 3 is 0.970 bits per heavy atom. The summed E-state index contributed by atoms with van der Waals surface area (Å²) in [7, 11) is 0. The van der Waals surface area contributed by atoms with Gasteiger partial charge in [0.05, 0.1) is 52.9 Å². The van der Waals surface area contributed by atoms with Crippen molar-refractivity contribution in [3.63, 3.8) is 0 Å². The second-order valence-corrected chi connectivity index (χ2v) is 25.4. The maximum atomic E-state index is 12.9. The number of carbonyl (C=O) groups is 4. The van der Waals surface area contributed by atoms with Crippen molar-refractivity contribution in [2.75, 3.05) is 52.9 Å². The van der Waals surface area contributed by atoms with Crippen molar-refractivity contribution in [1.82, 2.24) is 21.3 Å². The van der Waals surface area contributed by atoms with Crippen molar-refractivity contribution in [3.05, 3.63) is 0 Å². The summed E-state index contributed by atoms with van der Waals surface area (Å²) in [6, 6.07) is -7.43. The minimum atomic E-state index is -2.58. The molecule has 8 saturated heterocycles. The molecule has 584 valence electrons. The summed E-state index contributed by atoms with van der Waals surface area (Å²) in [5.74, 6) is -3.61. The fraction of sp³-hybridized carbons (Fsp3) is 0.929. The first-order valence-electron chi connectivity index (χ1n) is 32.1. The van der Waals surface area contributed by atoms with Gasteiger partial charge in [0.1, 0.15) is 195 Å². The van der Waals surface area contributed by atoms with E-state index in [9.17, 15) is 132 Å². The van der Waals surface area contributed by atoms with E-state index in [1.165, 1.54) is 0 Å². The fourth-order valence-corrected chi connectivity index (χ4v) is 13.0. The van der Waals surface area contributed by atoms with Gasteiger partial charge in [-0.3, -0.25) is 19.2 Å². The van der Waals surface area contributed by atoms with Crippen molar-refractivity contribution in [2.45, 2.75) is 273 Å². The van der Waals surface area contributed by atoms with Crippen molar-refractivity contribution in [3.8, 4) is 0 Å². The SMILES string of the molecule is CC(=O)N[C@H]1[C@H](O[C@@H]2[C@@H](OC[C@H]3O[C@@H](O[C@H]4[C@H](O)[C@@H](NC(C)=O)C(O)O[C@@H]4CO)[C@@H](O)[C@@H](O[C@H]4O[C@H](CO)[C@@H](O)[C@H](O)[C@@H]4O[C@@H]4O[C@H](CO)[C@@H](O)[C@H](O)[C@H]4NC(C)=O)[C@@H]3O[C@@H]3O[C@H](CO)[C@@H](O)[C@H](O)[C@H]3NC(C)=O)O[C@H](CO)[C@@H](O)[C@@H]2O)O[C@H](CO)[C@@H](O[C@@H]2O[C@H](CO)[C@H](O)[C@H](O)[C@H]2O)[C@@H]1O. The molecule has 0 aliphatic carbocycles. The molecule has 8 fully saturated rings. The van der Waals surface area contributed by atoms with E-state index in [-0.39, 0.29) is 0 Å². The van der Waals surface area contributed by atoms with E-state index in [1.54, 1.807) is 0 Å². The molecule has 0 aromatic rings. The highest BCUT2D eigenvalue weighted by molar-refractivity contribution is 5.74. The van der Waals surface area contributed by atoms with Crippen molar-refractivity contribution >= 4 is 23.6 Å². The van der Waals surface area contributed by atoms with Crippen LogP contribution >= 0.6 is 0 Å². The van der Waals surface area contributed by atoms with Gasteiger partial charge in [0.2, 0.25) is 23.6 Å². The van der Waals surface area contributed by atoms with E-state index < -0.39 is 322 Å². The van der Waals surface area contributed by atoms with Crippen LogP contribution in [0.25, 0.3) is 0 Å². The average molecular weight is 1480 g/mol. The second kappa shape index (κ2) is 36.3. The minimum Gasteiger partial charge on any atom is -0.394 e. The van der Waals surface area contributed by atoms with Crippen LogP contribution in [0, 0.1) is 0 Å². The van der Waals surface area contributed by atoms with Gasteiger partial charge in [-0.1, -0.05) is 0 Å². The molecule has 8 heterocycles. The largest absolute Gasteiger partial charge is 0.394 e. The van der Waals surface area contributed by atoms with Crippen LogP contribution in [0.4, 0.5) is 0 Å². The number of rotatable bonds is 26. The lowest BCUT2D eigenvalue weighted by atomic mass is 9.94. The van der Waals surface area contributed by atoms with Gasteiger partial charge in [0.15, 0.2) is 50.3 Å². The smallest absolute Gasteiger partial charge is 0.217 e. The Labute approximate surface area is 572 Å². The lowest BCUT2D eigenvalue weighted by Gasteiger charge is -2.52. The van der Waals surface area contributed by atoms with Gasteiger partial charge in [0.25, 0.3) is 0 Å². The summed E-state index contributed by atoms with van der Waals surface area (Å²) in [5, 5.41) is 253. The predicted octanol–water partition coefficient (Wildman–Crippen LogP) is -17.9. The molecule has 8 rings (SSSR count). The Balaban J connectivity index is 1.23. The van der Waals surface area contributed by atoms with Crippen LogP contribution in [0.5, 0.6) is 0 Å². The van der Waals surface area contributed by atoms with Crippen molar-refractivity contribution in [1.29, 1.82) is 0 Å². The summed E-state index contributed by atoms with van der Waals surface area (Å²) in [6.07, 6.45) is -75.5. The first-order valence-corrected chi connectivity index (χ1v) is 32.1. The number of amides is 4. The molecule has 40 atom stereocenters. The molecule has 45 nitrogen and oxygen atoms in total. The van der Waals surface area contributed by atoms with Crippen LogP contribution in [0.2, 0.25) is 0 Å². The Morgan fingerprint density at radius 1 is 0.257 bits per heavy atom. The molecule has 1 unspecified atom stereocenters. The maximum absolute atomic E-state index is 12.9. The second-order valence-electron chi connectivity index (χ2n) is 25.4. The number of aliphatic hydroxyl groups is 22. The molecule has 0 saturated carbocycles. The summed E-state index contributed by atoms with van der Waals surface area (Å²) >= 11 is 0. The number of aliphatic hydroxyl groups excluding tert-OH is 22. The monoisotopic (exact) mass is 1480 g/mol. The molecule has 8 aliphatic rings. The van der Waals surface area contributed by atoms with Gasteiger partial charge in [-0.2, -0.15) is 0 Å². The third-order valence-electron chi connectivity index (χ3n) is 18.3. The third-order valence-corrected chi connectivity index (χ3v) is 18.3. The number of ether oxygens (including phenoxy) is 15. The van der Waals surface area contributed by atoms with Gasteiger partial charge in [-0.05, 0) is 0 Å². The zero-order valence-electron chi connectivity index (χ0n) is 54.3. The number of hydrogen-bond donors (Lipinski definition) is 26. The fourth-order valence-electron chi connectivity index (χ4n) is 13.0. The Bertz CT molecular complexity index is 2640. The third kappa shape index (κ3) is 18.5. The molecule has 0 radical (unpaired) electrons. The average Bonchev–Trinajstić information content (AvgIpc) is 0.764. The molecule has 0 aromatic heterocycles. The molecule has 26 N–H and O–H groups in total. The van der Waals surface area contributed by atoms with Crippen molar-refractivity contribution in [2.24, 2.45) is 0 Å². The molecular formula is C56H94N4O41. The van der Waals surface area contributed by atoms with Crippen LogP contribution in [-0.2, 0) is 90.2 Å². The quantitative estimate of drug-likeness (QED) is 0.0382. The predicted molar refractivity (Wildman–Crippen MR) is 311 cm³/mol. The minimum absolute atomic E-state index is 0.859. The number of nitrogens with one attached hydrogen (secondary N) is 4. The molecule has 101 heavy (non-hydrogen) atoms. The Kier molecular flexibility index (Phi) is 29.9. The maximum Gasteiger partial charge on any atom is 0.217 e. The van der Waals surface area contributed by atoms with Gasteiger partial charge < -0.3 is 205 Å². The molecule has 0 spiro atoms. The van der Waals surface area contributed by atoms with Gasteiger partial charge >= 0.3 is 0 Å². The topological polar surface area (TPSA) is 700 Å². The van der Waals surface area contributed by atoms with E-state index in [1.807, 2.05) is 0 Å². The number of carbonyl (C=O) groups excluding carboxylic acids is 4. The lowest BCUT2D eigenvalue weighted by molar-refractivity contribution is -0.406. The van der Waals surface area contributed by atoms with E-state index >= 15 is 0 Å². The van der Waals surface area contributed by atoms with Crippen LogP contribution in [0.1, 0.15) is 27.7 Å². The molecule has 4 amide bonds. The lowest BCUT2D eigenvalue weighted by Crippen LogP contribution is -2.71. The molecule has 45 heteroatoms. The summed E-state index contributed by atoms with van der Waals surface area (Å²) in [5.41, 5.74) is 0. The van der Waals surface area contributed by atoms with Gasteiger partial charge in [-0.15, -0.1) is 0 Å². The van der Waals surface area contributed by atoms with Gasteiger partial charge in [0, 0.05) is 27.7 Å². The van der Waals surface area contributed by atoms with E-state index in [4.69, 9.17) is 71.1 Å². The molecule has 0 bridgehead atoms. The highest BCUT2D eigenvalue weighted by Gasteiger charge is 2.61. The number of hydrogen-bond acceptors (Lipinski definition) is 41. The van der Waals surface area contributed by atoms with Crippen LogP contribution in [0.15, 0.2) is 0 Å². The van der Waals surface area contributed by atoms with E-state index in [0.29, 0.717) is 0 Å². The Hall–Kier alpha value is -3.60. The standard InChI is InChI=1S/C56H94N4O41/c1-13(68)57-25-36(79)43(22(10-66)88-49(25)86)97-54-42(85)46(99-56-48(40(83)33(76)21(9-65)93-56)101-51-27(59-15(3)70)35(78)30(73)18(6-62)90-51)45(98-50-26(58-14(2)69)34(77)29(72)17(5-61)89-50)24(95-54)12-87-55-47(39(82)32(75)20(8-64)92-55)100-52-28(60-16(4)71)37(80)44(23(11-67)94-52)96-53-41(84)38(81)31(74)19(7-63)91-53/h17-56,61-67,72-86H,5-12H2,1-4H3,(H,57,68)(H,58,69)(H,59,70)(H,60,71)/t17-,18-,19-,20-,21-,22-,23-,24-,25-,26-,27-,28-,29-,30-,31+,32-,33-,34-,35-,36-,37-,38+,39+,40+,41-,42+,43-,44-,45-,46-,47+,48+,49?,50+,51+,52+,53+,54+,55+,56-/m1/s1. The highest BCUT2D eigenvalue weighted by atomic mass is 16.8. The molecular weight excluding hydrogens is 1380 g/mol. The van der Waals surface area contributed by atoms with E-state index in [0.717, 1.165) is 27.7 Å². The Morgan fingerprint density at radius 2 is 0.545 bits per heavy atom. The van der Waals surface area contributed by atoms with E-state index in [2.05, 4.69) is 21.3 Å². The highest BCUT2D eigenvalue weighted by Crippen LogP contribution is 2.40. The van der Waals surface area contributed by atoms with Crippen LogP contribution in [0.3, 0.4) is 0 Å². The first kappa shape index (κ1) is 83.0. The van der Waals surface area contributed by atoms with Gasteiger partial charge in [-0.25, -0.2) is 0 Å². The zero-order valence-corrected chi connectivity index (χ0v) is 54.3. The summed E-state index contributed by atoms with van der Waals surface area (Å²) < 4.78 is 90.4. The van der Waals surface area contributed by atoms with Crippen LogP contribution in [-0.4, -0.2) is 434 Å². The molecule has 8 aliphatic heterocycles.